The number of rotatable bonds is 2. The van der Waals surface area contributed by atoms with Crippen LogP contribution in [0.2, 0.25) is 0 Å². The van der Waals surface area contributed by atoms with Crippen LogP contribution in [0.25, 0.3) is 0 Å². The molecule has 0 saturated heterocycles. The van der Waals surface area contributed by atoms with E-state index in [1.165, 1.54) is 20.4 Å². The van der Waals surface area contributed by atoms with Crippen LogP contribution >= 0.6 is 22.6 Å². The van der Waals surface area contributed by atoms with Gasteiger partial charge in [-0.1, -0.05) is 31.2 Å². The number of nitrogens with one attached hydrogen (secondary N) is 1. The smallest absolute Gasteiger partial charge is 0.124 e. The molecule has 1 N–H and O–H groups in total. The minimum Gasteiger partial charge on any atom is -0.493 e. The van der Waals surface area contributed by atoms with Crippen LogP contribution in [0.5, 0.6) is 5.75 Å². The lowest BCUT2D eigenvalue weighted by Crippen LogP contribution is -2.28. The van der Waals surface area contributed by atoms with Crippen LogP contribution in [0.4, 0.5) is 5.69 Å². The number of anilines is 1. The van der Waals surface area contributed by atoms with Crippen LogP contribution in [0, 0.1) is 16.4 Å². The molecule has 0 saturated carbocycles. The molecule has 2 nitrogen and oxygen atoms in total. The maximum Gasteiger partial charge on any atom is 0.124 e. The molecule has 2 aromatic carbocycles. The molecule has 2 unspecified atom stereocenters. The van der Waals surface area contributed by atoms with Crippen molar-refractivity contribution in [1.82, 2.24) is 0 Å². The topological polar surface area (TPSA) is 21.3 Å². The highest BCUT2D eigenvalue weighted by Crippen LogP contribution is 2.37. The maximum atomic E-state index is 5.81. The van der Waals surface area contributed by atoms with E-state index in [1.54, 1.807) is 0 Å². The Hall–Kier alpha value is -1.23. The normalized spacial score (nSPS) is 20.9. The van der Waals surface area contributed by atoms with Crippen LogP contribution in [-0.2, 0) is 0 Å². The lowest BCUT2D eigenvalue weighted by Gasteiger charge is -2.32. The highest BCUT2D eigenvalue weighted by molar-refractivity contribution is 14.1. The van der Waals surface area contributed by atoms with Crippen molar-refractivity contribution in [3.8, 4) is 5.75 Å². The molecule has 0 bridgehead atoms. The second kappa shape index (κ2) is 5.64. The highest BCUT2D eigenvalue weighted by atomic mass is 127. The Morgan fingerprint density at radius 1 is 1.20 bits per heavy atom. The van der Waals surface area contributed by atoms with E-state index in [2.05, 4.69) is 78.2 Å². The molecule has 20 heavy (non-hydrogen) atoms. The zero-order valence-electron chi connectivity index (χ0n) is 11.7. The van der Waals surface area contributed by atoms with Crippen molar-refractivity contribution < 1.29 is 4.74 Å². The monoisotopic (exact) mass is 379 g/mol. The van der Waals surface area contributed by atoms with Crippen molar-refractivity contribution in [2.45, 2.75) is 19.9 Å². The summed E-state index contributed by atoms with van der Waals surface area (Å²) in [6.07, 6.45) is 0. The Morgan fingerprint density at radius 3 is 2.80 bits per heavy atom. The molecule has 2 atom stereocenters. The van der Waals surface area contributed by atoms with Crippen molar-refractivity contribution in [2.75, 3.05) is 11.9 Å². The molecule has 2 aromatic rings. The predicted molar refractivity (Wildman–Crippen MR) is 91.4 cm³/mol. The highest BCUT2D eigenvalue weighted by Gasteiger charge is 2.27. The minimum absolute atomic E-state index is 0.304. The van der Waals surface area contributed by atoms with Crippen LogP contribution < -0.4 is 10.1 Å². The van der Waals surface area contributed by atoms with Crippen LogP contribution in [0.1, 0.15) is 24.1 Å². The third-order valence-corrected chi connectivity index (χ3v) is 4.98. The predicted octanol–water partition coefficient (Wildman–Crippen LogP) is 4.78. The van der Waals surface area contributed by atoms with Gasteiger partial charge in [0, 0.05) is 20.7 Å². The van der Waals surface area contributed by atoms with Gasteiger partial charge in [0.15, 0.2) is 0 Å². The first-order chi connectivity index (χ1) is 9.65. The van der Waals surface area contributed by atoms with Gasteiger partial charge in [-0.2, -0.15) is 0 Å². The van der Waals surface area contributed by atoms with Gasteiger partial charge < -0.3 is 10.1 Å². The molecule has 0 radical (unpaired) electrons. The molecule has 1 heterocycles. The summed E-state index contributed by atoms with van der Waals surface area (Å²) in [4.78, 5) is 0. The summed E-state index contributed by atoms with van der Waals surface area (Å²) < 4.78 is 7.10. The van der Waals surface area contributed by atoms with Gasteiger partial charge in [-0.25, -0.2) is 0 Å². The summed E-state index contributed by atoms with van der Waals surface area (Å²) in [5.41, 5.74) is 3.74. The van der Waals surface area contributed by atoms with E-state index in [0.717, 1.165) is 12.4 Å². The summed E-state index contributed by atoms with van der Waals surface area (Å²) in [6.45, 7) is 5.13. The molecule has 1 aliphatic rings. The lowest BCUT2D eigenvalue weighted by atomic mass is 9.92. The molecule has 104 valence electrons. The van der Waals surface area contributed by atoms with Crippen molar-refractivity contribution >= 4 is 28.3 Å². The van der Waals surface area contributed by atoms with E-state index in [4.69, 9.17) is 4.74 Å². The summed E-state index contributed by atoms with van der Waals surface area (Å²) in [5.74, 6) is 1.45. The van der Waals surface area contributed by atoms with E-state index in [1.807, 2.05) is 6.07 Å². The summed E-state index contributed by atoms with van der Waals surface area (Å²) in [7, 11) is 0. The molecular weight excluding hydrogens is 361 g/mol. The molecule has 0 aromatic heterocycles. The quantitative estimate of drug-likeness (QED) is 0.759. The summed E-state index contributed by atoms with van der Waals surface area (Å²) in [5, 5.41) is 3.67. The van der Waals surface area contributed by atoms with Gasteiger partial charge in [0.2, 0.25) is 0 Å². The maximum absolute atomic E-state index is 5.81. The van der Waals surface area contributed by atoms with Crippen molar-refractivity contribution in [3.05, 3.63) is 57.2 Å². The lowest BCUT2D eigenvalue weighted by molar-refractivity contribution is 0.214. The van der Waals surface area contributed by atoms with E-state index in [0.29, 0.717) is 12.0 Å². The molecule has 1 aliphatic heterocycles. The molecule has 0 aliphatic carbocycles. The first kappa shape index (κ1) is 13.7. The minimum atomic E-state index is 0.304. The largest absolute Gasteiger partial charge is 0.493 e. The standard InChI is InChI=1S/C17H18INO/c1-11-7-8-13(9-15(11)18)19-17-12(2)10-20-16-6-4-3-5-14(16)17/h3-9,12,17,19H,10H2,1-2H3. The van der Waals surface area contributed by atoms with Crippen LogP contribution in [0.15, 0.2) is 42.5 Å². The molecule has 3 rings (SSSR count). The Bertz CT molecular complexity index is 626. The van der Waals surface area contributed by atoms with E-state index < -0.39 is 0 Å². The van der Waals surface area contributed by atoms with E-state index >= 15 is 0 Å². The average Bonchev–Trinajstić information content (AvgIpc) is 2.46. The zero-order valence-corrected chi connectivity index (χ0v) is 13.8. The van der Waals surface area contributed by atoms with Gasteiger partial charge in [0.25, 0.3) is 0 Å². The number of hydrogen-bond donors (Lipinski definition) is 1. The zero-order chi connectivity index (χ0) is 14.1. The SMILES string of the molecule is Cc1ccc(NC2c3ccccc3OCC2C)cc1I. The number of aryl methyl sites for hydroxylation is 1. The van der Waals surface area contributed by atoms with Crippen molar-refractivity contribution in [2.24, 2.45) is 5.92 Å². The van der Waals surface area contributed by atoms with E-state index in [-0.39, 0.29) is 0 Å². The van der Waals surface area contributed by atoms with Crippen LogP contribution in [0.3, 0.4) is 0 Å². The fraction of sp³-hybridized carbons (Fsp3) is 0.294. The first-order valence-corrected chi connectivity index (χ1v) is 7.97. The molecule has 0 spiro atoms. The Labute approximate surface area is 133 Å². The van der Waals surface area contributed by atoms with Gasteiger partial charge in [-0.3, -0.25) is 0 Å². The summed E-state index contributed by atoms with van der Waals surface area (Å²) >= 11 is 2.38. The number of benzene rings is 2. The second-order valence-corrected chi connectivity index (χ2v) is 6.57. The number of fused-ring (bicyclic) bond motifs is 1. The van der Waals surface area contributed by atoms with E-state index in [9.17, 15) is 0 Å². The molecule has 0 fully saturated rings. The summed E-state index contributed by atoms with van der Waals surface area (Å²) in [6, 6.07) is 15.1. The van der Waals surface area contributed by atoms with Gasteiger partial charge in [0.1, 0.15) is 5.75 Å². The number of para-hydroxylation sites is 1. The van der Waals surface area contributed by atoms with Crippen molar-refractivity contribution in [1.29, 1.82) is 0 Å². The second-order valence-electron chi connectivity index (χ2n) is 5.41. The Morgan fingerprint density at radius 2 is 2.00 bits per heavy atom. The third-order valence-electron chi connectivity index (χ3n) is 3.82. The first-order valence-electron chi connectivity index (χ1n) is 6.89. The average molecular weight is 379 g/mol. The van der Waals surface area contributed by atoms with Gasteiger partial charge >= 0.3 is 0 Å². The number of hydrogen-bond acceptors (Lipinski definition) is 2. The fourth-order valence-electron chi connectivity index (χ4n) is 2.58. The Balaban J connectivity index is 1.91. The van der Waals surface area contributed by atoms with Crippen LogP contribution in [-0.4, -0.2) is 6.61 Å². The van der Waals surface area contributed by atoms with Gasteiger partial charge in [-0.05, 0) is 53.3 Å². The third kappa shape index (κ3) is 2.64. The van der Waals surface area contributed by atoms with Crippen molar-refractivity contribution in [3.63, 3.8) is 0 Å². The Kier molecular flexibility index (Phi) is 3.87. The number of ether oxygens (including phenoxy) is 1. The fourth-order valence-corrected chi connectivity index (χ4v) is 3.09. The molecule has 3 heteroatoms. The van der Waals surface area contributed by atoms with Gasteiger partial charge in [-0.15, -0.1) is 0 Å². The molecular formula is C17H18INO. The van der Waals surface area contributed by atoms with Gasteiger partial charge in [0.05, 0.1) is 12.6 Å². The molecule has 0 amide bonds. The number of halogens is 1.